The fraction of sp³-hybridized carbons (Fsp3) is 0.125. The van der Waals surface area contributed by atoms with Crippen LogP contribution in [0.25, 0.3) is 17.1 Å². The first-order chi connectivity index (χ1) is 17.0. The van der Waals surface area contributed by atoms with Crippen LogP contribution in [0.5, 0.6) is 6.01 Å². The average Bonchev–Trinajstić information content (AvgIpc) is 3.28. The van der Waals surface area contributed by atoms with E-state index in [4.69, 9.17) is 4.74 Å². The SMILES string of the molecule is COc1nc(-c2cccc(C(F)(F)F)c2)n(-c2ccc(NC(=O)c3cccc(C(F)(F)F)c3)cc2)n1. The van der Waals surface area contributed by atoms with E-state index in [1.54, 1.807) is 0 Å². The van der Waals surface area contributed by atoms with E-state index in [-0.39, 0.29) is 28.6 Å². The Hall–Kier alpha value is -4.35. The Morgan fingerprint density at radius 2 is 1.47 bits per heavy atom. The molecule has 0 aliphatic carbocycles. The standard InChI is InChI=1S/C24H16F6N4O2/c1-36-22-32-20(14-4-2-6-16(12-14)23(25,26)27)34(33-22)19-10-8-18(9-11-19)31-21(35)15-5-3-7-17(13-15)24(28,29)30/h2-13H,1H3,(H,31,35). The third-order valence-electron chi connectivity index (χ3n) is 5.04. The fourth-order valence-corrected chi connectivity index (χ4v) is 3.31. The number of halogens is 6. The van der Waals surface area contributed by atoms with Crippen LogP contribution in [-0.2, 0) is 12.4 Å². The fourth-order valence-electron chi connectivity index (χ4n) is 3.31. The molecular formula is C24H16F6N4O2. The zero-order valence-corrected chi connectivity index (χ0v) is 18.4. The first-order valence-electron chi connectivity index (χ1n) is 10.2. The first-order valence-corrected chi connectivity index (χ1v) is 10.2. The van der Waals surface area contributed by atoms with E-state index < -0.39 is 29.4 Å². The molecule has 3 aromatic carbocycles. The third-order valence-corrected chi connectivity index (χ3v) is 5.04. The number of hydrogen-bond acceptors (Lipinski definition) is 4. The zero-order valence-electron chi connectivity index (χ0n) is 18.4. The molecule has 4 rings (SSSR count). The van der Waals surface area contributed by atoms with E-state index in [0.717, 1.165) is 30.3 Å². The number of anilines is 1. The Morgan fingerprint density at radius 3 is 2.08 bits per heavy atom. The molecule has 0 spiro atoms. The highest BCUT2D eigenvalue weighted by Crippen LogP contribution is 2.33. The van der Waals surface area contributed by atoms with Crippen LogP contribution in [0.2, 0.25) is 0 Å². The number of ether oxygens (including phenoxy) is 1. The summed E-state index contributed by atoms with van der Waals surface area (Å²) in [6.07, 6.45) is -9.14. The van der Waals surface area contributed by atoms with Gasteiger partial charge in [0, 0.05) is 16.8 Å². The van der Waals surface area contributed by atoms with Gasteiger partial charge in [-0.3, -0.25) is 4.79 Å². The molecule has 0 aliphatic heterocycles. The van der Waals surface area contributed by atoms with Crippen LogP contribution >= 0.6 is 0 Å². The van der Waals surface area contributed by atoms with Gasteiger partial charge in [0.25, 0.3) is 5.91 Å². The van der Waals surface area contributed by atoms with Crippen LogP contribution in [0.3, 0.4) is 0 Å². The van der Waals surface area contributed by atoms with Crippen LogP contribution in [0.15, 0.2) is 72.8 Å². The lowest BCUT2D eigenvalue weighted by Crippen LogP contribution is -2.14. The maximum atomic E-state index is 13.2. The Kier molecular flexibility index (Phi) is 6.44. The van der Waals surface area contributed by atoms with Gasteiger partial charge in [-0.2, -0.15) is 31.3 Å². The number of nitrogens with zero attached hydrogens (tertiary/aromatic N) is 3. The van der Waals surface area contributed by atoms with Gasteiger partial charge in [-0.05, 0) is 54.6 Å². The number of alkyl halides is 6. The van der Waals surface area contributed by atoms with Crippen molar-refractivity contribution >= 4 is 11.6 Å². The lowest BCUT2D eigenvalue weighted by molar-refractivity contribution is -0.138. The second-order valence-electron chi connectivity index (χ2n) is 7.49. The molecule has 186 valence electrons. The molecule has 0 aliphatic rings. The molecule has 12 heteroatoms. The maximum Gasteiger partial charge on any atom is 0.416 e. The van der Waals surface area contributed by atoms with Crippen LogP contribution in [-0.4, -0.2) is 27.8 Å². The molecule has 1 heterocycles. The highest BCUT2D eigenvalue weighted by Gasteiger charge is 2.32. The molecular weight excluding hydrogens is 490 g/mol. The predicted molar refractivity (Wildman–Crippen MR) is 118 cm³/mol. The number of carbonyl (C=O) groups excluding carboxylic acids is 1. The molecule has 1 amide bonds. The summed E-state index contributed by atoms with van der Waals surface area (Å²) in [5, 5.41) is 6.65. The summed E-state index contributed by atoms with van der Waals surface area (Å²) in [7, 11) is 1.31. The van der Waals surface area contributed by atoms with Crippen molar-refractivity contribution in [3.8, 4) is 23.1 Å². The summed E-state index contributed by atoms with van der Waals surface area (Å²) in [5.74, 6) is -0.667. The van der Waals surface area contributed by atoms with E-state index >= 15 is 0 Å². The zero-order chi connectivity index (χ0) is 26.1. The molecule has 0 atom stereocenters. The van der Waals surface area contributed by atoms with Crippen molar-refractivity contribution in [2.24, 2.45) is 0 Å². The summed E-state index contributed by atoms with van der Waals surface area (Å²) in [6, 6.07) is 14.4. The molecule has 0 bridgehead atoms. The molecule has 1 N–H and O–H groups in total. The highest BCUT2D eigenvalue weighted by atomic mass is 19.4. The molecule has 0 fully saturated rings. The lowest BCUT2D eigenvalue weighted by atomic mass is 10.1. The van der Waals surface area contributed by atoms with Crippen LogP contribution < -0.4 is 10.1 Å². The van der Waals surface area contributed by atoms with Gasteiger partial charge in [0.1, 0.15) is 0 Å². The summed E-state index contributed by atoms with van der Waals surface area (Å²) >= 11 is 0. The lowest BCUT2D eigenvalue weighted by Gasteiger charge is -2.11. The van der Waals surface area contributed by atoms with Gasteiger partial charge in [0.2, 0.25) is 0 Å². The number of methoxy groups -OCH3 is 1. The number of aromatic nitrogens is 3. The minimum Gasteiger partial charge on any atom is -0.466 e. The number of benzene rings is 3. The molecule has 4 aromatic rings. The highest BCUT2D eigenvalue weighted by molar-refractivity contribution is 6.04. The van der Waals surface area contributed by atoms with Crippen LogP contribution in [0.4, 0.5) is 32.0 Å². The molecule has 0 saturated heterocycles. The monoisotopic (exact) mass is 506 g/mol. The topological polar surface area (TPSA) is 69.0 Å². The minimum absolute atomic E-state index is 0.0793. The molecule has 6 nitrogen and oxygen atoms in total. The summed E-state index contributed by atoms with van der Waals surface area (Å²) in [4.78, 5) is 16.6. The number of rotatable bonds is 5. The van der Waals surface area contributed by atoms with E-state index in [1.165, 1.54) is 54.3 Å². The molecule has 36 heavy (non-hydrogen) atoms. The van der Waals surface area contributed by atoms with Gasteiger partial charge in [-0.1, -0.05) is 18.2 Å². The quantitative estimate of drug-likeness (QED) is 0.326. The second-order valence-corrected chi connectivity index (χ2v) is 7.49. The van der Waals surface area contributed by atoms with Gasteiger partial charge in [0.05, 0.1) is 23.9 Å². The molecule has 0 unspecified atom stereocenters. The van der Waals surface area contributed by atoms with E-state index in [2.05, 4.69) is 15.4 Å². The van der Waals surface area contributed by atoms with Gasteiger partial charge in [-0.25, -0.2) is 4.68 Å². The van der Waals surface area contributed by atoms with Crippen molar-refractivity contribution in [2.45, 2.75) is 12.4 Å². The van der Waals surface area contributed by atoms with Crippen molar-refractivity contribution in [3.05, 3.63) is 89.5 Å². The minimum atomic E-state index is -4.59. The predicted octanol–water partition coefficient (Wildman–Crippen LogP) is 6.23. The van der Waals surface area contributed by atoms with Crippen molar-refractivity contribution in [2.75, 3.05) is 12.4 Å². The van der Waals surface area contributed by atoms with Gasteiger partial charge >= 0.3 is 18.4 Å². The van der Waals surface area contributed by atoms with E-state index in [1.807, 2.05) is 0 Å². The van der Waals surface area contributed by atoms with Gasteiger partial charge in [-0.15, -0.1) is 5.10 Å². The van der Waals surface area contributed by atoms with E-state index in [9.17, 15) is 31.1 Å². The van der Waals surface area contributed by atoms with Crippen molar-refractivity contribution in [3.63, 3.8) is 0 Å². The number of hydrogen-bond donors (Lipinski definition) is 1. The largest absolute Gasteiger partial charge is 0.466 e. The number of amides is 1. The maximum absolute atomic E-state index is 13.2. The Morgan fingerprint density at radius 1 is 0.861 bits per heavy atom. The van der Waals surface area contributed by atoms with Crippen LogP contribution in [0, 0.1) is 0 Å². The normalized spacial score (nSPS) is 11.9. The number of carbonyl (C=O) groups is 1. The summed E-state index contributed by atoms with van der Waals surface area (Å²) in [5.41, 5.74) is -1.19. The second kappa shape index (κ2) is 9.36. The number of nitrogens with one attached hydrogen (secondary N) is 1. The Bertz CT molecular complexity index is 1390. The molecule has 1 aromatic heterocycles. The summed E-state index contributed by atoms with van der Waals surface area (Å²) in [6.45, 7) is 0. The van der Waals surface area contributed by atoms with Gasteiger partial charge in [0.15, 0.2) is 5.82 Å². The molecule has 0 radical (unpaired) electrons. The Labute approximate surface area is 200 Å². The molecule has 0 saturated carbocycles. The first kappa shape index (κ1) is 24.8. The van der Waals surface area contributed by atoms with Crippen molar-refractivity contribution in [1.29, 1.82) is 0 Å². The van der Waals surface area contributed by atoms with Gasteiger partial charge < -0.3 is 10.1 Å². The van der Waals surface area contributed by atoms with Crippen molar-refractivity contribution < 1.29 is 35.9 Å². The van der Waals surface area contributed by atoms with Crippen LogP contribution in [0.1, 0.15) is 21.5 Å². The van der Waals surface area contributed by atoms with Crippen molar-refractivity contribution in [1.82, 2.24) is 14.8 Å². The third kappa shape index (κ3) is 5.32. The average molecular weight is 506 g/mol. The smallest absolute Gasteiger partial charge is 0.416 e. The summed E-state index contributed by atoms with van der Waals surface area (Å²) < 4.78 is 84.6. The van der Waals surface area contributed by atoms with E-state index in [0.29, 0.717) is 5.69 Å². The Balaban J connectivity index is 1.61.